The van der Waals surface area contributed by atoms with E-state index in [-0.39, 0.29) is 24.2 Å². The van der Waals surface area contributed by atoms with Crippen LogP contribution < -0.4 is 0 Å². The average Bonchev–Trinajstić information content (AvgIpc) is 3.46. The Morgan fingerprint density at radius 2 is 1.45 bits per heavy atom. The standard InChI is InChI=1S/C32H39NO9/c34-21-24-5-7-25(8-6-24)22-41-31-20-26(28-23-40-29-4-2-1-3-27(28)29)19-30(42-31)32(35)33-9-11-36-13-15-38-17-18-39-16-14-37-12-10-33/h1-8,19,23,26,31,34H,9-18,20-22H2/t26-,31+/m0/s1. The third kappa shape index (κ3) is 8.41. The zero-order valence-electron chi connectivity index (χ0n) is 23.8. The zero-order valence-corrected chi connectivity index (χ0v) is 23.8. The number of fused-ring (bicyclic) bond motifs is 1. The molecule has 5 rings (SSSR count). The maximum absolute atomic E-state index is 13.9. The van der Waals surface area contributed by atoms with Gasteiger partial charge < -0.3 is 42.8 Å². The van der Waals surface area contributed by atoms with Crippen LogP contribution >= 0.6 is 0 Å². The summed E-state index contributed by atoms with van der Waals surface area (Å²) in [6, 6.07) is 15.4. The Hall–Kier alpha value is -3.25. The maximum atomic E-state index is 13.9. The highest BCUT2D eigenvalue weighted by molar-refractivity contribution is 5.92. The summed E-state index contributed by atoms with van der Waals surface area (Å²) in [5.41, 5.74) is 3.53. The lowest BCUT2D eigenvalue weighted by Gasteiger charge is -2.31. The summed E-state index contributed by atoms with van der Waals surface area (Å²) in [6.45, 7) is 4.55. The van der Waals surface area contributed by atoms with Gasteiger partial charge in [0.05, 0.1) is 72.3 Å². The Balaban J connectivity index is 1.33. The van der Waals surface area contributed by atoms with Gasteiger partial charge in [-0.05, 0) is 23.3 Å². The molecule has 1 fully saturated rings. The molecule has 2 aliphatic rings. The van der Waals surface area contributed by atoms with Crippen LogP contribution in [0, 0.1) is 0 Å². The number of amides is 1. The van der Waals surface area contributed by atoms with E-state index in [1.54, 1.807) is 11.2 Å². The first-order chi connectivity index (χ1) is 20.7. The minimum absolute atomic E-state index is 0.0163. The summed E-state index contributed by atoms with van der Waals surface area (Å²) in [6.07, 6.45) is 3.48. The molecule has 1 saturated heterocycles. The largest absolute Gasteiger partial charge is 0.464 e. The van der Waals surface area contributed by atoms with E-state index >= 15 is 0 Å². The van der Waals surface area contributed by atoms with Gasteiger partial charge in [-0.3, -0.25) is 4.79 Å². The smallest absolute Gasteiger partial charge is 0.288 e. The van der Waals surface area contributed by atoms with Crippen LogP contribution in [0.15, 0.2) is 71.0 Å². The van der Waals surface area contributed by atoms with Crippen molar-refractivity contribution in [2.75, 3.05) is 65.9 Å². The highest BCUT2D eigenvalue weighted by atomic mass is 16.7. The van der Waals surface area contributed by atoms with Crippen LogP contribution in [0.5, 0.6) is 0 Å². The number of benzene rings is 2. The Labute approximate surface area is 245 Å². The van der Waals surface area contributed by atoms with Crippen LogP contribution in [-0.2, 0) is 46.4 Å². The fourth-order valence-corrected chi connectivity index (χ4v) is 4.93. The highest BCUT2D eigenvalue weighted by Gasteiger charge is 2.32. The molecule has 1 N–H and O–H groups in total. The van der Waals surface area contributed by atoms with Crippen LogP contribution in [0.2, 0.25) is 0 Å². The van der Waals surface area contributed by atoms with E-state index < -0.39 is 6.29 Å². The number of carbonyl (C=O) groups excluding carboxylic acids is 1. The summed E-state index contributed by atoms with van der Waals surface area (Å²) in [5.74, 6) is -0.187. The van der Waals surface area contributed by atoms with Gasteiger partial charge in [-0.1, -0.05) is 42.5 Å². The van der Waals surface area contributed by atoms with Gasteiger partial charge in [0, 0.05) is 36.4 Å². The molecule has 10 nitrogen and oxygen atoms in total. The van der Waals surface area contributed by atoms with Gasteiger partial charge in [0.25, 0.3) is 5.91 Å². The van der Waals surface area contributed by atoms with Crippen LogP contribution in [-0.4, -0.2) is 88.1 Å². The van der Waals surface area contributed by atoms with Crippen molar-refractivity contribution in [2.24, 2.45) is 0 Å². The molecule has 0 radical (unpaired) electrons. The quantitative estimate of drug-likeness (QED) is 0.465. The molecule has 0 aliphatic carbocycles. The van der Waals surface area contributed by atoms with E-state index in [1.165, 1.54) is 0 Å². The normalized spacial score (nSPS) is 21.6. The number of hydrogen-bond donors (Lipinski definition) is 1. The van der Waals surface area contributed by atoms with Crippen molar-refractivity contribution in [1.82, 2.24) is 4.90 Å². The van der Waals surface area contributed by atoms with E-state index in [9.17, 15) is 9.90 Å². The van der Waals surface area contributed by atoms with E-state index in [0.717, 1.165) is 27.7 Å². The molecule has 3 aromatic rings. The molecule has 3 heterocycles. The van der Waals surface area contributed by atoms with E-state index in [0.29, 0.717) is 79.0 Å². The number of aliphatic hydroxyl groups excluding tert-OH is 1. The third-order valence-electron chi connectivity index (χ3n) is 7.23. The van der Waals surface area contributed by atoms with Crippen molar-refractivity contribution in [1.29, 1.82) is 0 Å². The Kier molecular flexibility index (Phi) is 11.4. The van der Waals surface area contributed by atoms with Crippen LogP contribution in [0.4, 0.5) is 0 Å². The molecule has 2 aromatic carbocycles. The van der Waals surface area contributed by atoms with Gasteiger partial charge in [-0.15, -0.1) is 0 Å². The second-order valence-electron chi connectivity index (χ2n) is 10.1. The molecule has 0 bridgehead atoms. The average molecular weight is 582 g/mol. The van der Waals surface area contributed by atoms with Gasteiger partial charge in [0.15, 0.2) is 5.76 Å². The third-order valence-corrected chi connectivity index (χ3v) is 7.23. The number of nitrogens with zero attached hydrogens (tertiary/aromatic N) is 1. The molecule has 1 aromatic heterocycles. The number of carbonyl (C=O) groups is 1. The van der Waals surface area contributed by atoms with Crippen LogP contribution in [0.25, 0.3) is 11.0 Å². The van der Waals surface area contributed by atoms with Gasteiger partial charge in [-0.25, -0.2) is 0 Å². The van der Waals surface area contributed by atoms with Gasteiger partial charge in [-0.2, -0.15) is 0 Å². The monoisotopic (exact) mass is 581 g/mol. The fourth-order valence-electron chi connectivity index (χ4n) is 4.93. The number of allylic oxidation sites excluding steroid dienone is 1. The van der Waals surface area contributed by atoms with Gasteiger partial charge >= 0.3 is 0 Å². The number of rotatable bonds is 6. The molecule has 2 atom stereocenters. The molecule has 10 heteroatoms. The number of ether oxygens (including phenoxy) is 6. The van der Waals surface area contributed by atoms with Crippen molar-refractivity contribution < 1.29 is 42.7 Å². The lowest BCUT2D eigenvalue weighted by molar-refractivity contribution is -0.156. The predicted octanol–water partition coefficient (Wildman–Crippen LogP) is 3.76. The van der Waals surface area contributed by atoms with Gasteiger partial charge in [0.2, 0.25) is 6.29 Å². The van der Waals surface area contributed by atoms with Crippen molar-refractivity contribution in [3.05, 3.63) is 83.3 Å². The molecule has 0 spiro atoms. The molecule has 226 valence electrons. The molecule has 1 amide bonds. The van der Waals surface area contributed by atoms with Crippen molar-refractivity contribution in [2.45, 2.75) is 31.8 Å². The lowest BCUT2D eigenvalue weighted by Crippen LogP contribution is -2.40. The summed E-state index contributed by atoms with van der Waals surface area (Å²) in [5, 5.41) is 10.3. The highest BCUT2D eigenvalue weighted by Crippen LogP contribution is 2.37. The van der Waals surface area contributed by atoms with Crippen LogP contribution in [0.1, 0.15) is 29.0 Å². The second-order valence-corrected chi connectivity index (χ2v) is 10.1. The van der Waals surface area contributed by atoms with Crippen molar-refractivity contribution >= 4 is 16.9 Å². The first kappa shape index (κ1) is 30.2. The molecular weight excluding hydrogens is 542 g/mol. The second kappa shape index (κ2) is 15.8. The topological polar surface area (TPSA) is 109 Å². The molecule has 0 unspecified atom stereocenters. The minimum Gasteiger partial charge on any atom is -0.464 e. The molecule has 0 saturated carbocycles. The SMILES string of the molecule is O=C(C1=C[C@H](c2coc3ccccc23)C[C@H](OCc2ccc(CO)cc2)O1)N1CCOCCOCCOCCOCC1. The van der Waals surface area contributed by atoms with Crippen molar-refractivity contribution in [3.63, 3.8) is 0 Å². The lowest BCUT2D eigenvalue weighted by atomic mass is 9.92. The van der Waals surface area contributed by atoms with Crippen molar-refractivity contribution in [3.8, 4) is 0 Å². The molecule has 42 heavy (non-hydrogen) atoms. The maximum Gasteiger partial charge on any atom is 0.288 e. The Morgan fingerprint density at radius 1 is 0.833 bits per heavy atom. The van der Waals surface area contributed by atoms with E-state index in [1.807, 2.05) is 54.6 Å². The van der Waals surface area contributed by atoms with E-state index in [2.05, 4.69) is 0 Å². The Morgan fingerprint density at radius 3 is 2.12 bits per heavy atom. The molecular formula is C32H39NO9. The number of para-hydroxylation sites is 1. The summed E-state index contributed by atoms with van der Waals surface area (Å²) < 4.78 is 40.7. The van der Waals surface area contributed by atoms with Crippen LogP contribution in [0.3, 0.4) is 0 Å². The number of hydrogen-bond acceptors (Lipinski definition) is 9. The summed E-state index contributed by atoms with van der Waals surface area (Å²) >= 11 is 0. The fraction of sp³-hybridized carbons (Fsp3) is 0.469. The first-order valence-corrected chi connectivity index (χ1v) is 14.5. The summed E-state index contributed by atoms with van der Waals surface area (Å²) in [4.78, 5) is 15.6. The number of furan rings is 1. The predicted molar refractivity (Wildman–Crippen MR) is 154 cm³/mol. The molecule has 2 aliphatic heterocycles. The number of aliphatic hydroxyl groups is 1. The summed E-state index contributed by atoms with van der Waals surface area (Å²) in [7, 11) is 0. The zero-order chi connectivity index (χ0) is 29.0. The first-order valence-electron chi connectivity index (χ1n) is 14.5. The Bertz CT molecular complexity index is 1270. The van der Waals surface area contributed by atoms with Gasteiger partial charge in [0.1, 0.15) is 5.58 Å². The minimum atomic E-state index is -0.657. The van der Waals surface area contributed by atoms with E-state index in [4.69, 9.17) is 32.8 Å².